The van der Waals surface area contributed by atoms with Gasteiger partial charge in [0.2, 0.25) is 0 Å². The molecule has 0 spiro atoms. The van der Waals surface area contributed by atoms with E-state index in [1.807, 2.05) is 12.1 Å². The van der Waals surface area contributed by atoms with E-state index in [2.05, 4.69) is 16.0 Å². The Morgan fingerprint density at radius 1 is 1.50 bits per heavy atom. The fourth-order valence-electron chi connectivity index (χ4n) is 0.819. The number of rotatable bonds is 0. The minimum atomic E-state index is 0. The summed E-state index contributed by atoms with van der Waals surface area (Å²) < 4.78 is 0. The molecule has 2 heterocycles. The molecule has 10 heavy (non-hydrogen) atoms. The van der Waals surface area contributed by atoms with Crippen molar-refractivity contribution in [2.24, 2.45) is 0 Å². The molecule has 0 bridgehead atoms. The Morgan fingerprint density at radius 2 is 2.40 bits per heavy atom. The van der Waals surface area contributed by atoms with Crippen LogP contribution >= 0.6 is 0 Å². The summed E-state index contributed by atoms with van der Waals surface area (Å²) in [6, 6.07) is 6.87. The second kappa shape index (κ2) is 3.64. The maximum atomic E-state index is 4.05. The van der Waals surface area contributed by atoms with Crippen LogP contribution in [0.4, 0.5) is 0 Å². The summed E-state index contributed by atoms with van der Waals surface area (Å²) in [5, 5.41) is 1.04. The molecular weight excluding hydrogens is 151 g/mol. The molecule has 0 aliphatic heterocycles. The summed E-state index contributed by atoms with van der Waals surface area (Å²) in [6.07, 6.45) is 3.52. The van der Waals surface area contributed by atoms with Crippen molar-refractivity contribution in [2.75, 3.05) is 0 Å². The molecule has 0 saturated heterocycles. The third-order valence-electron chi connectivity index (χ3n) is 1.24. The van der Waals surface area contributed by atoms with E-state index >= 15 is 0 Å². The summed E-state index contributed by atoms with van der Waals surface area (Å²) in [6.45, 7) is 0. The van der Waals surface area contributed by atoms with Gasteiger partial charge in [-0.15, -0.1) is 11.5 Å². The van der Waals surface area contributed by atoms with Gasteiger partial charge in [0.15, 0.2) is 0 Å². The third kappa shape index (κ3) is 1.49. The van der Waals surface area contributed by atoms with E-state index in [1.54, 1.807) is 12.4 Å². The Balaban J connectivity index is 0.000000500. The zero-order valence-corrected chi connectivity index (χ0v) is 8.88. The SMILES string of the molecule is [K+].[c-]1c[nH]c2ncccc12. The van der Waals surface area contributed by atoms with Crippen LogP contribution in [0.25, 0.3) is 11.0 Å². The number of hydrogen-bond donors (Lipinski definition) is 1. The van der Waals surface area contributed by atoms with Crippen molar-refractivity contribution in [3.63, 3.8) is 0 Å². The molecule has 0 aromatic carbocycles. The van der Waals surface area contributed by atoms with Gasteiger partial charge in [0.25, 0.3) is 0 Å². The van der Waals surface area contributed by atoms with Crippen LogP contribution in [0.5, 0.6) is 0 Å². The third-order valence-corrected chi connectivity index (χ3v) is 1.24. The van der Waals surface area contributed by atoms with Crippen LogP contribution in [-0.4, -0.2) is 9.97 Å². The minimum Gasteiger partial charge on any atom is -0.410 e. The Labute approximate surface area is 101 Å². The summed E-state index contributed by atoms with van der Waals surface area (Å²) in [4.78, 5) is 7.01. The van der Waals surface area contributed by atoms with Crippen LogP contribution in [-0.2, 0) is 0 Å². The number of nitrogens with one attached hydrogen (secondary N) is 1. The molecule has 0 atom stereocenters. The molecule has 0 saturated carbocycles. The molecule has 0 unspecified atom stereocenters. The molecule has 0 amide bonds. The van der Waals surface area contributed by atoms with E-state index in [1.165, 1.54) is 0 Å². The van der Waals surface area contributed by atoms with Gasteiger partial charge in [-0.1, -0.05) is 6.20 Å². The van der Waals surface area contributed by atoms with Gasteiger partial charge in [-0.05, 0) is 0 Å². The number of pyridine rings is 1. The minimum absolute atomic E-state index is 0. The van der Waals surface area contributed by atoms with Gasteiger partial charge < -0.3 is 9.97 Å². The van der Waals surface area contributed by atoms with Gasteiger partial charge in [-0.2, -0.15) is 12.1 Å². The molecule has 2 nitrogen and oxygen atoms in total. The van der Waals surface area contributed by atoms with E-state index in [-0.39, 0.29) is 51.4 Å². The first-order valence-electron chi connectivity index (χ1n) is 2.76. The summed E-state index contributed by atoms with van der Waals surface area (Å²) in [7, 11) is 0. The van der Waals surface area contributed by atoms with Crippen LogP contribution in [0.15, 0.2) is 24.5 Å². The molecular formula is C7H5KN2. The molecule has 2 aromatic rings. The Hall–Kier alpha value is 0.326. The van der Waals surface area contributed by atoms with E-state index in [0.29, 0.717) is 0 Å². The van der Waals surface area contributed by atoms with Gasteiger partial charge in [0, 0.05) is 11.8 Å². The number of H-pyrrole nitrogens is 1. The van der Waals surface area contributed by atoms with Crippen molar-refractivity contribution in [1.29, 1.82) is 0 Å². The maximum Gasteiger partial charge on any atom is 1.00 e. The molecule has 1 N–H and O–H groups in total. The number of nitrogens with zero attached hydrogens (tertiary/aromatic N) is 1. The van der Waals surface area contributed by atoms with Gasteiger partial charge in [-0.3, -0.25) is 0 Å². The van der Waals surface area contributed by atoms with Crippen molar-refractivity contribution in [3.8, 4) is 0 Å². The smallest absolute Gasteiger partial charge is 0.410 e. The van der Waals surface area contributed by atoms with Crippen molar-refractivity contribution in [1.82, 2.24) is 9.97 Å². The van der Waals surface area contributed by atoms with Gasteiger partial charge >= 0.3 is 51.4 Å². The molecule has 0 aliphatic rings. The zero-order valence-electron chi connectivity index (χ0n) is 5.76. The average molecular weight is 156 g/mol. The van der Waals surface area contributed by atoms with Crippen LogP contribution in [0, 0.1) is 6.07 Å². The van der Waals surface area contributed by atoms with Crippen LogP contribution in [0.3, 0.4) is 0 Å². The van der Waals surface area contributed by atoms with Crippen molar-refractivity contribution in [3.05, 3.63) is 30.6 Å². The number of hydrogen-bond acceptors (Lipinski definition) is 1. The average Bonchev–Trinajstić information content (AvgIpc) is 2.33. The first-order chi connectivity index (χ1) is 4.47. The molecule has 3 heteroatoms. The van der Waals surface area contributed by atoms with E-state index in [4.69, 9.17) is 0 Å². The monoisotopic (exact) mass is 156 g/mol. The van der Waals surface area contributed by atoms with Crippen LogP contribution in [0.1, 0.15) is 0 Å². The van der Waals surface area contributed by atoms with Crippen LogP contribution < -0.4 is 51.4 Å². The van der Waals surface area contributed by atoms with Gasteiger partial charge in [0.05, 0.1) is 0 Å². The van der Waals surface area contributed by atoms with E-state index < -0.39 is 0 Å². The topological polar surface area (TPSA) is 28.7 Å². The molecule has 0 aliphatic carbocycles. The normalized spacial score (nSPS) is 9.20. The van der Waals surface area contributed by atoms with Crippen molar-refractivity contribution >= 4 is 11.0 Å². The van der Waals surface area contributed by atoms with Crippen LogP contribution in [0.2, 0.25) is 0 Å². The fourth-order valence-corrected chi connectivity index (χ4v) is 0.819. The van der Waals surface area contributed by atoms with E-state index in [0.717, 1.165) is 11.0 Å². The maximum absolute atomic E-state index is 4.05. The molecule has 0 fully saturated rings. The Kier molecular flexibility index (Phi) is 3.07. The first kappa shape index (κ1) is 8.42. The molecule has 0 radical (unpaired) electrons. The van der Waals surface area contributed by atoms with E-state index in [9.17, 15) is 0 Å². The fraction of sp³-hybridized carbons (Fsp3) is 0. The quantitative estimate of drug-likeness (QED) is 0.360. The Bertz CT molecular complexity index is 286. The zero-order chi connectivity index (χ0) is 6.10. The summed E-state index contributed by atoms with van der Waals surface area (Å²) in [5.74, 6) is 0. The predicted octanol–water partition coefficient (Wildman–Crippen LogP) is -1.63. The van der Waals surface area contributed by atoms with Crippen molar-refractivity contribution < 1.29 is 51.4 Å². The number of aromatic amines is 1. The predicted molar refractivity (Wildman–Crippen MR) is 34.9 cm³/mol. The van der Waals surface area contributed by atoms with Gasteiger partial charge in [0.1, 0.15) is 0 Å². The molecule has 44 valence electrons. The first-order valence-corrected chi connectivity index (χ1v) is 2.76. The number of fused-ring (bicyclic) bond motifs is 1. The molecule has 2 rings (SSSR count). The molecule has 2 aromatic heterocycles. The second-order valence-corrected chi connectivity index (χ2v) is 1.83. The van der Waals surface area contributed by atoms with Crippen molar-refractivity contribution in [2.45, 2.75) is 0 Å². The summed E-state index contributed by atoms with van der Waals surface area (Å²) in [5.41, 5.74) is 0.900. The Morgan fingerprint density at radius 3 is 3.20 bits per heavy atom. The summed E-state index contributed by atoms with van der Waals surface area (Å²) >= 11 is 0. The standard InChI is InChI=1S/C7H5N2.K/c1-2-6-3-5-9-7(6)8-4-1;/h1-2,4-5H,(H,8,9);/q-1;+1. The van der Waals surface area contributed by atoms with Gasteiger partial charge in [-0.25, -0.2) is 0 Å². The number of aromatic nitrogens is 2. The largest absolute Gasteiger partial charge is 1.00 e. The second-order valence-electron chi connectivity index (χ2n) is 1.83.